The summed E-state index contributed by atoms with van der Waals surface area (Å²) >= 11 is 0. The highest BCUT2D eigenvalue weighted by Gasteiger charge is 2.49. The lowest BCUT2D eigenvalue weighted by atomic mass is 9.72. The first-order valence-corrected chi connectivity index (χ1v) is 6.00. The molecule has 0 saturated heterocycles. The highest BCUT2D eigenvalue weighted by atomic mass is 19.2. The Balaban J connectivity index is 3.29. The number of halogens is 2. The number of hydrogen-bond donors (Lipinski definition) is 1. The molecule has 5 heteroatoms. The molecule has 0 aromatic heterocycles. The number of ether oxygens (including phenoxy) is 1. The molecule has 0 fully saturated rings. The zero-order chi connectivity index (χ0) is 14.8. The summed E-state index contributed by atoms with van der Waals surface area (Å²) in [5, 5.41) is 10.5. The fraction of sp³-hybridized carbons (Fsp3) is 0.500. The van der Waals surface area contributed by atoms with Crippen LogP contribution in [-0.4, -0.2) is 17.7 Å². The topological polar surface area (TPSA) is 46.5 Å². The molecule has 19 heavy (non-hydrogen) atoms. The van der Waals surface area contributed by atoms with Crippen LogP contribution in [0.25, 0.3) is 0 Å². The summed E-state index contributed by atoms with van der Waals surface area (Å²) in [6.45, 7) is 5.89. The number of carbonyl (C=O) groups is 1. The maximum absolute atomic E-state index is 13.8. The largest absolute Gasteiger partial charge is 0.465 e. The van der Waals surface area contributed by atoms with Gasteiger partial charge in [-0.1, -0.05) is 12.1 Å². The van der Waals surface area contributed by atoms with Gasteiger partial charge in [-0.2, -0.15) is 0 Å². The van der Waals surface area contributed by atoms with Crippen LogP contribution in [0.2, 0.25) is 0 Å². The second-order valence-electron chi connectivity index (χ2n) is 5.02. The van der Waals surface area contributed by atoms with Gasteiger partial charge in [-0.25, -0.2) is 8.78 Å². The van der Waals surface area contributed by atoms with Crippen LogP contribution in [-0.2, 0) is 15.1 Å². The third-order valence-corrected chi connectivity index (χ3v) is 3.48. The van der Waals surface area contributed by atoms with E-state index in [1.54, 1.807) is 6.92 Å². The monoisotopic (exact) mass is 272 g/mol. The van der Waals surface area contributed by atoms with Gasteiger partial charge in [0, 0.05) is 5.56 Å². The highest BCUT2D eigenvalue weighted by Crippen LogP contribution is 2.41. The fourth-order valence-electron chi connectivity index (χ4n) is 1.73. The molecule has 0 radical (unpaired) electrons. The van der Waals surface area contributed by atoms with E-state index in [2.05, 4.69) is 0 Å². The van der Waals surface area contributed by atoms with E-state index in [1.807, 2.05) is 0 Å². The van der Waals surface area contributed by atoms with E-state index in [4.69, 9.17) is 4.74 Å². The molecule has 3 nitrogen and oxygen atoms in total. The normalized spacial score (nSPS) is 14.9. The molecular formula is C14H18F2O3. The Morgan fingerprint density at radius 3 is 2.42 bits per heavy atom. The second-order valence-corrected chi connectivity index (χ2v) is 5.02. The van der Waals surface area contributed by atoms with E-state index in [1.165, 1.54) is 32.9 Å². The van der Waals surface area contributed by atoms with Gasteiger partial charge in [0.25, 0.3) is 0 Å². The Morgan fingerprint density at radius 1 is 1.32 bits per heavy atom. The molecule has 1 unspecified atom stereocenters. The Labute approximate surface area is 111 Å². The van der Waals surface area contributed by atoms with Crippen LogP contribution in [0.1, 0.15) is 33.3 Å². The van der Waals surface area contributed by atoms with Crippen LogP contribution in [0.4, 0.5) is 8.78 Å². The summed E-state index contributed by atoms with van der Waals surface area (Å²) < 4.78 is 31.9. The third kappa shape index (κ3) is 2.61. The maximum Gasteiger partial charge on any atom is 0.314 e. The molecule has 1 rings (SSSR count). The number of carbonyl (C=O) groups excluding carboxylic acids is 1. The summed E-state index contributed by atoms with van der Waals surface area (Å²) in [5.41, 5.74) is -3.59. The lowest BCUT2D eigenvalue weighted by Gasteiger charge is -2.38. The number of aliphatic hydroxyl groups is 1. The SMILES string of the molecule is CCOC(=O)C(C)(C)C(C)(O)c1cccc(F)c1F. The zero-order valence-electron chi connectivity index (χ0n) is 11.5. The van der Waals surface area contributed by atoms with Crippen molar-refractivity contribution in [2.24, 2.45) is 5.41 Å². The number of esters is 1. The molecule has 0 bridgehead atoms. The molecule has 1 N–H and O–H groups in total. The first-order chi connectivity index (χ1) is 8.66. The third-order valence-electron chi connectivity index (χ3n) is 3.48. The zero-order valence-corrected chi connectivity index (χ0v) is 11.5. The standard InChI is InChI=1S/C14H18F2O3/c1-5-19-12(17)13(2,3)14(4,18)9-7-6-8-10(15)11(9)16/h6-8,18H,5H2,1-4H3. The van der Waals surface area contributed by atoms with Gasteiger partial charge >= 0.3 is 5.97 Å². The molecule has 0 saturated carbocycles. The van der Waals surface area contributed by atoms with Crippen LogP contribution < -0.4 is 0 Å². The van der Waals surface area contributed by atoms with Crippen molar-refractivity contribution in [3.05, 3.63) is 35.4 Å². The quantitative estimate of drug-likeness (QED) is 0.857. The summed E-state index contributed by atoms with van der Waals surface area (Å²) in [6, 6.07) is 3.48. The van der Waals surface area contributed by atoms with Crippen molar-refractivity contribution in [2.75, 3.05) is 6.61 Å². The molecular weight excluding hydrogens is 254 g/mol. The molecule has 1 atom stereocenters. The number of benzene rings is 1. The van der Waals surface area contributed by atoms with Gasteiger partial charge in [0.15, 0.2) is 11.6 Å². The first-order valence-electron chi connectivity index (χ1n) is 6.00. The predicted octanol–water partition coefficient (Wildman–Crippen LogP) is 2.76. The van der Waals surface area contributed by atoms with Gasteiger partial charge in [0.05, 0.1) is 12.0 Å². The van der Waals surface area contributed by atoms with Crippen molar-refractivity contribution >= 4 is 5.97 Å². The Bertz CT molecular complexity index is 482. The van der Waals surface area contributed by atoms with Gasteiger partial charge in [-0.3, -0.25) is 4.79 Å². The van der Waals surface area contributed by atoms with E-state index < -0.39 is 28.6 Å². The first kappa shape index (κ1) is 15.6. The van der Waals surface area contributed by atoms with E-state index in [0.29, 0.717) is 0 Å². The summed E-state index contributed by atoms with van der Waals surface area (Å²) in [5.74, 6) is -2.91. The van der Waals surface area contributed by atoms with E-state index in [9.17, 15) is 18.7 Å². The van der Waals surface area contributed by atoms with Crippen LogP contribution >= 0.6 is 0 Å². The van der Waals surface area contributed by atoms with Crippen molar-refractivity contribution in [3.63, 3.8) is 0 Å². The molecule has 0 spiro atoms. The highest BCUT2D eigenvalue weighted by molar-refractivity contribution is 5.77. The number of hydrogen-bond acceptors (Lipinski definition) is 3. The maximum atomic E-state index is 13.8. The van der Waals surface area contributed by atoms with Gasteiger partial charge in [0.2, 0.25) is 0 Å². The van der Waals surface area contributed by atoms with Crippen molar-refractivity contribution in [3.8, 4) is 0 Å². The summed E-state index contributed by atoms with van der Waals surface area (Å²) in [6.07, 6.45) is 0. The summed E-state index contributed by atoms with van der Waals surface area (Å²) in [4.78, 5) is 11.9. The average molecular weight is 272 g/mol. The lowest BCUT2D eigenvalue weighted by molar-refractivity contribution is -0.170. The predicted molar refractivity (Wildman–Crippen MR) is 66.3 cm³/mol. The molecule has 0 heterocycles. The van der Waals surface area contributed by atoms with Crippen molar-refractivity contribution in [1.82, 2.24) is 0 Å². The molecule has 1 aromatic rings. The van der Waals surface area contributed by atoms with Crippen molar-refractivity contribution < 1.29 is 23.4 Å². The summed E-state index contributed by atoms with van der Waals surface area (Å²) in [7, 11) is 0. The Kier molecular flexibility index (Phi) is 4.30. The van der Waals surface area contributed by atoms with Crippen LogP contribution in [0.15, 0.2) is 18.2 Å². The molecule has 1 aromatic carbocycles. The minimum Gasteiger partial charge on any atom is -0.465 e. The van der Waals surface area contributed by atoms with Gasteiger partial charge in [-0.05, 0) is 33.8 Å². The molecule has 0 aliphatic carbocycles. The van der Waals surface area contributed by atoms with Crippen LogP contribution in [0, 0.1) is 17.0 Å². The molecule has 0 aliphatic rings. The minimum absolute atomic E-state index is 0.143. The smallest absolute Gasteiger partial charge is 0.314 e. The Hall–Kier alpha value is -1.49. The fourth-order valence-corrected chi connectivity index (χ4v) is 1.73. The van der Waals surface area contributed by atoms with Gasteiger partial charge < -0.3 is 9.84 Å². The average Bonchev–Trinajstić information content (AvgIpc) is 2.32. The van der Waals surface area contributed by atoms with E-state index >= 15 is 0 Å². The molecule has 0 amide bonds. The van der Waals surface area contributed by atoms with E-state index in [-0.39, 0.29) is 12.2 Å². The van der Waals surface area contributed by atoms with Crippen molar-refractivity contribution in [2.45, 2.75) is 33.3 Å². The van der Waals surface area contributed by atoms with Gasteiger partial charge in [-0.15, -0.1) is 0 Å². The van der Waals surface area contributed by atoms with Crippen LogP contribution in [0.3, 0.4) is 0 Å². The lowest BCUT2D eigenvalue weighted by Crippen LogP contribution is -2.46. The number of rotatable bonds is 4. The van der Waals surface area contributed by atoms with E-state index in [0.717, 1.165) is 6.07 Å². The second kappa shape index (κ2) is 5.25. The van der Waals surface area contributed by atoms with Gasteiger partial charge in [0.1, 0.15) is 5.60 Å². The minimum atomic E-state index is -1.90. The Morgan fingerprint density at radius 2 is 1.89 bits per heavy atom. The van der Waals surface area contributed by atoms with Crippen molar-refractivity contribution in [1.29, 1.82) is 0 Å². The molecule has 106 valence electrons. The van der Waals surface area contributed by atoms with Crippen LogP contribution in [0.5, 0.6) is 0 Å². The molecule has 0 aliphatic heterocycles.